The Morgan fingerprint density at radius 1 is 1.21 bits per heavy atom. The van der Waals surface area contributed by atoms with Crippen LogP contribution in [0.2, 0.25) is 5.02 Å². The van der Waals surface area contributed by atoms with Gasteiger partial charge in [0.15, 0.2) is 0 Å². The lowest BCUT2D eigenvalue weighted by Crippen LogP contribution is -2.16. The number of nitrogens with one attached hydrogen (secondary N) is 1. The summed E-state index contributed by atoms with van der Waals surface area (Å²) >= 11 is 6.38. The van der Waals surface area contributed by atoms with Gasteiger partial charge in [-0.15, -0.1) is 0 Å². The van der Waals surface area contributed by atoms with Crippen molar-refractivity contribution in [3.05, 3.63) is 58.1 Å². The molecule has 1 fully saturated rings. The monoisotopic (exact) mass is 479 g/mol. The van der Waals surface area contributed by atoms with E-state index >= 15 is 0 Å². The molecule has 1 aliphatic rings. The van der Waals surface area contributed by atoms with E-state index in [1.165, 1.54) is 12.1 Å². The molecule has 1 aliphatic carbocycles. The Morgan fingerprint density at radius 2 is 1.97 bits per heavy atom. The minimum absolute atomic E-state index is 0.112. The third-order valence-corrected chi connectivity index (χ3v) is 5.70. The highest BCUT2D eigenvalue weighted by Gasteiger charge is 2.30. The molecule has 0 bridgehead atoms. The predicted molar refractivity (Wildman–Crippen MR) is 122 cm³/mol. The average molecular weight is 480 g/mol. The van der Waals surface area contributed by atoms with Crippen LogP contribution in [0.4, 0.5) is 19.0 Å². The molecule has 3 aromatic rings. The van der Waals surface area contributed by atoms with Crippen molar-refractivity contribution < 1.29 is 22.6 Å². The Bertz CT molecular complexity index is 1170. The molecular formula is C24H25ClF3N3O2. The highest BCUT2D eigenvalue weighted by molar-refractivity contribution is 6.32. The van der Waals surface area contributed by atoms with E-state index in [0.717, 1.165) is 18.9 Å². The lowest BCUT2D eigenvalue weighted by atomic mass is 10.0. The van der Waals surface area contributed by atoms with Gasteiger partial charge in [0.05, 0.1) is 34.9 Å². The molecule has 0 saturated heterocycles. The summed E-state index contributed by atoms with van der Waals surface area (Å²) in [4.78, 5) is 8.87. The number of rotatable bonds is 9. The summed E-state index contributed by atoms with van der Waals surface area (Å²) in [7, 11) is 0. The van der Waals surface area contributed by atoms with E-state index in [9.17, 15) is 13.2 Å². The summed E-state index contributed by atoms with van der Waals surface area (Å²) < 4.78 is 53.8. The molecule has 5 nitrogen and oxygen atoms in total. The maximum Gasteiger partial charge on any atom is 0.273 e. The van der Waals surface area contributed by atoms with Crippen molar-refractivity contribution in [2.75, 3.05) is 18.5 Å². The number of anilines is 1. The first-order chi connectivity index (χ1) is 15.6. The van der Waals surface area contributed by atoms with Gasteiger partial charge in [0.2, 0.25) is 0 Å². The van der Waals surface area contributed by atoms with Crippen LogP contribution in [0, 0.1) is 12.7 Å². The topological polar surface area (TPSA) is 56.3 Å². The van der Waals surface area contributed by atoms with Gasteiger partial charge in [-0.05, 0) is 38.8 Å². The SMILES string of the molecule is Cc1nc(N[C@H](C)c2cccc(C(C)(F)F)c2F)c2cc(OCCOC3CC3)c(Cl)cc2n1. The molecule has 2 aromatic carbocycles. The van der Waals surface area contributed by atoms with Crippen molar-refractivity contribution in [1.82, 2.24) is 9.97 Å². The summed E-state index contributed by atoms with van der Waals surface area (Å²) in [6.07, 6.45) is 2.50. The molecule has 1 aromatic heterocycles. The van der Waals surface area contributed by atoms with Crippen molar-refractivity contribution in [2.45, 2.75) is 51.7 Å². The first-order valence-electron chi connectivity index (χ1n) is 10.8. The number of nitrogens with zero attached hydrogens (tertiary/aromatic N) is 2. The second kappa shape index (κ2) is 9.35. The summed E-state index contributed by atoms with van der Waals surface area (Å²) in [5.41, 5.74) is 0.0486. The Kier molecular flexibility index (Phi) is 6.68. The second-order valence-corrected chi connectivity index (χ2v) is 8.71. The normalized spacial score (nSPS) is 15.0. The largest absolute Gasteiger partial charge is 0.490 e. The van der Waals surface area contributed by atoms with Crippen LogP contribution in [-0.4, -0.2) is 29.3 Å². The number of aromatic nitrogens is 2. The van der Waals surface area contributed by atoms with Gasteiger partial charge in [-0.1, -0.05) is 29.8 Å². The van der Waals surface area contributed by atoms with E-state index < -0.39 is 23.3 Å². The van der Waals surface area contributed by atoms with E-state index in [2.05, 4.69) is 15.3 Å². The van der Waals surface area contributed by atoms with Gasteiger partial charge in [-0.3, -0.25) is 0 Å². The molecule has 4 rings (SSSR count). The first-order valence-corrected chi connectivity index (χ1v) is 11.2. The average Bonchev–Trinajstić information content (AvgIpc) is 3.55. The lowest BCUT2D eigenvalue weighted by Gasteiger charge is -2.20. The van der Waals surface area contributed by atoms with E-state index in [1.54, 1.807) is 26.0 Å². The number of ether oxygens (including phenoxy) is 2. The fraction of sp³-hybridized carbons (Fsp3) is 0.417. The van der Waals surface area contributed by atoms with Crippen molar-refractivity contribution in [2.24, 2.45) is 0 Å². The Balaban J connectivity index is 1.62. The fourth-order valence-electron chi connectivity index (χ4n) is 3.57. The van der Waals surface area contributed by atoms with Gasteiger partial charge in [0.25, 0.3) is 5.92 Å². The third-order valence-electron chi connectivity index (χ3n) is 5.40. The molecule has 176 valence electrons. The molecule has 33 heavy (non-hydrogen) atoms. The van der Waals surface area contributed by atoms with Crippen molar-refractivity contribution >= 4 is 28.3 Å². The first kappa shape index (κ1) is 23.6. The molecule has 1 heterocycles. The molecule has 9 heteroatoms. The number of fused-ring (bicyclic) bond motifs is 1. The highest BCUT2D eigenvalue weighted by atomic mass is 35.5. The standard InChI is InChI=1S/C24H25ClF3N3O2/c1-13(16-5-4-6-18(22(16)26)24(3,27)28)29-23-17-11-21(33-10-9-32-15-7-8-15)19(25)12-20(17)30-14(2)31-23/h4-6,11-13,15H,7-10H2,1-3H3,(H,29,30,31)/t13-/m1/s1. The van der Waals surface area contributed by atoms with Gasteiger partial charge >= 0.3 is 0 Å². The van der Waals surface area contributed by atoms with Crippen molar-refractivity contribution in [3.8, 4) is 5.75 Å². The summed E-state index contributed by atoms with van der Waals surface area (Å²) in [5.74, 6) is -2.87. The minimum atomic E-state index is -3.29. The van der Waals surface area contributed by atoms with Crippen LogP contribution >= 0.6 is 11.6 Å². The second-order valence-electron chi connectivity index (χ2n) is 8.30. The summed E-state index contributed by atoms with van der Waals surface area (Å²) in [6, 6.07) is 6.74. The molecule has 0 radical (unpaired) electrons. The zero-order valence-electron chi connectivity index (χ0n) is 18.6. The third kappa shape index (κ3) is 5.50. The van der Waals surface area contributed by atoms with Crippen LogP contribution in [0.15, 0.2) is 30.3 Å². The smallest absolute Gasteiger partial charge is 0.273 e. The number of alkyl halides is 2. The van der Waals surface area contributed by atoms with Gasteiger partial charge in [0, 0.05) is 17.9 Å². The van der Waals surface area contributed by atoms with Crippen LogP contribution in [0.3, 0.4) is 0 Å². The maximum absolute atomic E-state index is 14.9. The zero-order valence-corrected chi connectivity index (χ0v) is 19.3. The fourth-order valence-corrected chi connectivity index (χ4v) is 3.79. The van der Waals surface area contributed by atoms with Crippen molar-refractivity contribution in [3.63, 3.8) is 0 Å². The number of benzene rings is 2. The van der Waals surface area contributed by atoms with E-state index in [-0.39, 0.29) is 5.56 Å². The molecule has 0 unspecified atom stereocenters. The van der Waals surface area contributed by atoms with Gasteiger partial charge in [-0.2, -0.15) is 0 Å². The summed E-state index contributed by atoms with van der Waals surface area (Å²) in [6.45, 7) is 4.89. The molecule has 0 spiro atoms. The molecule has 0 aliphatic heterocycles. The lowest BCUT2D eigenvalue weighted by molar-refractivity contribution is 0.0136. The van der Waals surface area contributed by atoms with Crippen molar-refractivity contribution in [1.29, 1.82) is 0 Å². The predicted octanol–water partition coefficient (Wildman–Crippen LogP) is 6.57. The van der Waals surface area contributed by atoms with Gasteiger partial charge < -0.3 is 14.8 Å². The Hall–Kier alpha value is -2.58. The summed E-state index contributed by atoms with van der Waals surface area (Å²) in [5, 5.41) is 4.16. The number of halogens is 4. The molecular weight excluding hydrogens is 455 g/mol. The molecule has 1 atom stereocenters. The van der Waals surface area contributed by atoms with E-state index in [1.807, 2.05) is 0 Å². The maximum atomic E-state index is 14.9. The zero-order chi connectivity index (χ0) is 23.8. The van der Waals surface area contributed by atoms with Crippen LogP contribution in [-0.2, 0) is 10.7 Å². The van der Waals surface area contributed by atoms with Crippen LogP contribution in [0.25, 0.3) is 10.9 Å². The molecule has 0 amide bonds. The van der Waals surface area contributed by atoms with Gasteiger partial charge in [-0.25, -0.2) is 23.1 Å². The molecule has 1 saturated carbocycles. The number of hydrogen-bond acceptors (Lipinski definition) is 5. The minimum Gasteiger partial charge on any atom is -0.490 e. The number of hydrogen-bond donors (Lipinski definition) is 1. The highest BCUT2D eigenvalue weighted by Crippen LogP contribution is 2.36. The van der Waals surface area contributed by atoms with Crippen LogP contribution in [0.1, 0.15) is 49.7 Å². The molecule has 1 N–H and O–H groups in total. The quantitative estimate of drug-likeness (QED) is 0.351. The Labute approximate surface area is 195 Å². The van der Waals surface area contributed by atoms with Crippen LogP contribution < -0.4 is 10.1 Å². The van der Waals surface area contributed by atoms with Gasteiger partial charge in [0.1, 0.15) is 29.8 Å². The number of aryl methyl sites for hydroxylation is 1. The van der Waals surface area contributed by atoms with E-state index in [4.69, 9.17) is 21.1 Å². The Morgan fingerprint density at radius 3 is 2.67 bits per heavy atom. The van der Waals surface area contributed by atoms with E-state index in [0.29, 0.717) is 59.6 Å². The van der Waals surface area contributed by atoms with Crippen LogP contribution in [0.5, 0.6) is 5.75 Å².